The molecule has 0 spiro atoms. The smallest absolute Gasteiger partial charge is 0.160 e. The quantitative estimate of drug-likeness (QED) is 0.644. The number of hydrogen-bond acceptors (Lipinski definition) is 2. The number of hydrogen-bond donors (Lipinski definition) is 0. The van der Waals surface area contributed by atoms with Gasteiger partial charge in [0.2, 0.25) is 0 Å². The Labute approximate surface area is 139 Å². The summed E-state index contributed by atoms with van der Waals surface area (Å²) in [5, 5.41) is 5.91. The largest absolute Gasteiger partial charge is 0.233 e. The van der Waals surface area contributed by atoms with E-state index in [1.165, 1.54) is 0 Å². The zero-order valence-corrected chi connectivity index (χ0v) is 14.3. The van der Waals surface area contributed by atoms with E-state index in [0.29, 0.717) is 11.6 Å². The molecule has 22 heavy (non-hydrogen) atoms. The second-order valence-corrected chi connectivity index (χ2v) is 6.22. The van der Waals surface area contributed by atoms with Crippen LogP contribution in [-0.4, -0.2) is 14.6 Å². The number of aryl methyl sites for hydroxylation is 3. The van der Waals surface area contributed by atoms with Crippen LogP contribution in [0.5, 0.6) is 0 Å². The fourth-order valence-corrected chi connectivity index (χ4v) is 3.17. The van der Waals surface area contributed by atoms with E-state index in [4.69, 9.17) is 28.2 Å². The third-order valence-corrected chi connectivity index (χ3v) is 4.59. The van der Waals surface area contributed by atoms with Gasteiger partial charge in [0, 0.05) is 28.3 Å². The summed E-state index contributed by atoms with van der Waals surface area (Å²) in [6.45, 7) is 6.10. The zero-order chi connectivity index (χ0) is 15.9. The molecule has 3 aromatic rings. The molecule has 0 aliphatic carbocycles. The average Bonchev–Trinajstić information content (AvgIpc) is 2.81. The molecular formula is C17H17Cl2N3. The summed E-state index contributed by atoms with van der Waals surface area (Å²) >= 11 is 12.5. The maximum absolute atomic E-state index is 6.60. The Bertz CT molecular complexity index is 835. The number of rotatable bonds is 3. The Morgan fingerprint density at radius 1 is 1.00 bits per heavy atom. The van der Waals surface area contributed by atoms with Gasteiger partial charge in [-0.05, 0) is 38.0 Å². The molecular weight excluding hydrogens is 317 g/mol. The van der Waals surface area contributed by atoms with Crippen molar-refractivity contribution in [2.75, 3.05) is 0 Å². The highest BCUT2D eigenvalue weighted by Gasteiger charge is 2.17. The molecule has 0 aliphatic rings. The van der Waals surface area contributed by atoms with E-state index in [1.807, 2.05) is 38.1 Å². The number of nitrogens with zero attached hydrogens (tertiary/aromatic N) is 3. The van der Waals surface area contributed by atoms with Gasteiger partial charge in [-0.25, -0.2) is 9.50 Å². The van der Waals surface area contributed by atoms with Crippen molar-refractivity contribution in [1.29, 1.82) is 0 Å². The lowest BCUT2D eigenvalue weighted by Gasteiger charge is -2.10. The lowest BCUT2D eigenvalue weighted by Crippen LogP contribution is -2.04. The molecule has 114 valence electrons. The molecule has 0 radical (unpaired) electrons. The molecule has 0 atom stereocenters. The van der Waals surface area contributed by atoms with Gasteiger partial charge in [0.15, 0.2) is 5.65 Å². The Balaban J connectivity index is 2.12. The van der Waals surface area contributed by atoms with Gasteiger partial charge >= 0.3 is 0 Å². The van der Waals surface area contributed by atoms with Gasteiger partial charge in [0.05, 0.1) is 5.69 Å². The maximum Gasteiger partial charge on any atom is 0.160 e. The highest BCUT2D eigenvalue weighted by molar-refractivity contribution is 6.31. The van der Waals surface area contributed by atoms with Crippen molar-refractivity contribution in [3.8, 4) is 0 Å². The van der Waals surface area contributed by atoms with Crippen molar-refractivity contribution in [3.63, 3.8) is 0 Å². The number of halogens is 2. The molecule has 3 rings (SSSR count). The zero-order valence-electron chi connectivity index (χ0n) is 12.8. The minimum absolute atomic E-state index is 0.639. The third kappa shape index (κ3) is 2.59. The van der Waals surface area contributed by atoms with Crippen molar-refractivity contribution in [1.82, 2.24) is 14.6 Å². The van der Waals surface area contributed by atoms with Crippen molar-refractivity contribution in [2.45, 2.75) is 33.6 Å². The Morgan fingerprint density at radius 2 is 1.68 bits per heavy atom. The third-order valence-electron chi connectivity index (χ3n) is 3.95. The summed E-state index contributed by atoms with van der Waals surface area (Å²) < 4.78 is 1.76. The van der Waals surface area contributed by atoms with E-state index in [0.717, 1.165) is 45.2 Å². The first-order valence-corrected chi connectivity index (χ1v) is 8.04. The molecule has 0 unspecified atom stereocenters. The topological polar surface area (TPSA) is 30.2 Å². The van der Waals surface area contributed by atoms with Crippen LogP contribution in [0.4, 0.5) is 0 Å². The highest BCUT2D eigenvalue weighted by Crippen LogP contribution is 2.26. The summed E-state index contributed by atoms with van der Waals surface area (Å²) in [5.74, 6) is 0. The second kappa shape index (κ2) is 5.90. The first-order chi connectivity index (χ1) is 10.5. The van der Waals surface area contributed by atoms with Gasteiger partial charge in [-0.1, -0.05) is 42.3 Å². The molecule has 2 heterocycles. The van der Waals surface area contributed by atoms with E-state index < -0.39 is 0 Å². The van der Waals surface area contributed by atoms with Gasteiger partial charge in [-0.3, -0.25) is 0 Å². The van der Waals surface area contributed by atoms with Crippen molar-refractivity contribution < 1.29 is 0 Å². The molecule has 0 aliphatic heterocycles. The lowest BCUT2D eigenvalue weighted by molar-refractivity contribution is 0.887. The number of aromatic nitrogens is 3. The Hall–Kier alpha value is -1.58. The van der Waals surface area contributed by atoms with Crippen LogP contribution < -0.4 is 0 Å². The summed E-state index contributed by atoms with van der Waals surface area (Å²) in [6, 6.07) is 7.79. The van der Waals surface area contributed by atoms with Gasteiger partial charge in [0.1, 0.15) is 5.15 Å². The monoisotopic (exact) mass is 333 g/mol. The van der Waals surface area contributed by atoms with E-state index in [9.17, 15) is 0 Å². The van der Waals surface area contributed by atoms with Gasteiger partial charge in [-0.15, -0.1) is 0 Å². The molecule has 0 saturated carbocycles. The first-order valence-electron chi connectivity index (χ1n) is 7.29. The van der Waals surface area contributed by atoms with E-state index in [2.05, 4.69) is 12.0 Å². The Kier molecular flexibility index (Phi) is 4.11. The molecule has 1 aromatic carbocycles. The van der Waals surface area contributed by atoms with Crippen LogP contribution in [0.1, 0.15) is 35.0 Å². The lowest BCUT2D eigenvalue weighted by atomic mass is 10.1. The van der Waals surface area contributed by atoms with Crippen LogP contribution in [0.3, 0.4) is 0 Å². The summed E-state index contributed by atoms with van der Waals surface area (Å²) in [7, 11) is 0. The first kappa shape index (κ1) is 15.3. The maximum atomic E-state index is 6.60. The predicted molar refractivity (Wildman–Crippen MR) is 91.1 cm³/mol. The van der Waals surface area contributed by atoms with E-state index in [-0.39, 0.29) is 0 Å². The standard InChI is InChI=1S/C17H17Cl2N3/c1-4-14-11(3)21-22-16(19)15(10(2)20-17(14)22)9-12-5-7-13(18)8-6-12/h5-8H,4,9H2,1-3H3. The summed E-state index contributed by atoms with van der Waals surface area (Å²) in [6.07, 6.45) is 1.61. The normalized spacial score (nSPS) is 11.3. The van der Waals surface area contributed by atoms with Crippen molar-refractivity contribution >= 4 is 28.8 Å². The summed E-state index contributed by atoms with van der Waals surface area (Å²) in [4.78, 5) is 4.73. The van der Waals surface area contributed by atoms with Gasteiger partial charge in [-0.2, -0.15) is 5.10 Å². The van der Waals surface area contributed by atoms with Crippen LogP contribution in [-0.2, 0) is 12.8 Å². The van der Waals surface area contributed by atoms with Crippen molar-refractivity contribution in [2.24, 2.45) is 0 Å². The fraction of sp³-hybridized carbons (Fsp3) is 0.294. The molecule has 0 N–H and O–H groups in total. The fourth-order valence-electron chi connectivity index (χ4n) is 2.72. The van der Waals surface area contributed by atoms with Gasteiger partial charge in [0.25, 0.3) is 0 Å². The molecule has 0 bridgehead atoms. The molecule has 0 fully saturated rings. The van der Waals surface area contributed by atoms with Crippen LogP contribution in [0, 0.1) is 13.8 Å². The minimum Gasteiger partial charge on any atom is -0.233 e. The van der Waals surface area contributed by atoms with Crippen molar-refractivity contribution in [3.05, 3.63) is 62.5 Å². The SMILES string of the molecule is CCc1c(C)nn2c(Cl)c(Cc3ccc(Cl)cc3)c(C)nc12. The Morgan fingerprint density at radius 3 is 2.32 bits per heavy atom. The molecule has 5 heteroatoms. The molecule has 2 aromatic heterocycles. The van der Waals surface area contributed by atoms with Crippen LogP contribution in [0.2, 0.25) is 10.2 Å². The van der Waals surface area contributed by atoms with Crippen LogP contribution >= 0.6 is 23.2 Å². The summed E-state index contributed by atoms with van der Waals surface area (Å²) in [5.41, 5.74) is 6.10. The second-order valence-electron chi connectivity index (χ2n) is 5.42. The van der Waals surface area contributed by atoms with E-state index >= 15 is 0 Å². The number of benzene rings is 1. The highest BCUT2D eigenvalue weighted by atomic mass is 35.5. The molecule has 0 saturated heterocycles. The minimum atomic E-state index is 0.639. The van der Waals surface area contributed by atoms with E-state index in [1.54, 1.807) is 4.52 Å². The predicted octanol–water partition coefficient (Wildman–Crippen LogP) is 4.81. The van der Waals surface area contributed by atoms with Crippen LogP contribution in [0.25, 0.3) is 5.65 Å². The number of fused-ring (bicyclic) bond motifs is 1. The molecule has 3 nitrogen and oxygen atoms in total. The molecule has 0 amide bonds. The van der Waals surface area contributed by atoms with Gasteiger partial charge < -0.3 is 0 Å². The van der Waals surface area contributed by atoms with Crippen LogP contribution in [0.15, 0.2) is 24.3 Å². The average molecular weight is 334 g/mol.